The summed E-state index contributed by atoms with van der Waals surface area (Å²) in [4.78, 5) is 69.6. The van der Waals surface area contributed by atoms with Crippen LogP contribution in [0.2, 0.25) is 0 Å². The van der Waals surface area contributed by atoms with Gasteiger partial charge in [0.2, 0.25) is 0 Å². The van der Waals surface area contributed by atoms with Crippen molar-refractivity contribution in [2.24, 2.45) is 5.92 Å². The molecule has 0 radical (unpaired) electrons. The Kier molecular flexibility index (Phi) is 98.3. The van der Waals surface area contributed by atoms with Crippen LogP contribution in [-0.4, -0.2) is 187 Å². The fraction of sp³-hybridized carbons (Fsp3) is 0.860. The molecule has 0 saturated carbocycles. The molecule has 0 aromatic rings. The minimum Gasteiger partial charge on any atom is -0.756 e. The summed E-state index contributed by atoms with van der Waals surface area (Å²) in [5.74, 6) is 17.4. The van der Waals surface area contributed by atoms with E-state index in [9.17, 15) is 38.1 Å². The zero-order chi connectivity index (χ0) is 82.5. The molecule has 4 unspecified atom stereocenters. The van der Waals surface area contributed by atoms with Crippen LogP contribution in [0.3, 0.4) is 0 Å². The van der Waals surface area contributed by atoms with Gasteiger partial charge in [-0.1, -0.05) is 228 Å². The van der Waals surface area contributed by atoms with Gasteiger partial charge in [-0.15, -0.1) is 23.7 Å². The van der Waals surface area contributed by atoms with Crippen molar-refractivity contribution in [3.8, 4) is 23.7 Å². The number of hydrogen-bond acceptors (Lipinski definition) is 20. The van der Waals surface area contributed by atoms with E-state index in [0.717, 1.165) is 81.5 Å². The smallest absolute Gasteiger partial charge is 0.316 e. The number of hydrogen-bond donors (Lipinski definition) is 0. The van der Waals surface area contributed by atoms with Gasteiger partial charge < -0.3 is 55.8 Å². The molecule has 24 heteroatoms. The van der Waals surface area contributed by atoms with E-state index in [4.69, 9.17) is 32.3 Å². The van der Waals surface area contributed by atoms with Crippen LogP contribution < -0.4 is 9.79 Å². The summed E-state index contributed by atoms with van der Waals surface area (Å²) in [6, 6.07) is 0. The highest BCUT2D eigenvalue weighted by Gasteiger charge is 2.21. The van der Waals surface area contributed by atoms with Crippen molar-refractivity contribution in [1.82, 2.24) is 0 Å². The van der Waals surface area contributed by atoms with Crippen molar-refractivity contribution in [3.63, 3.8) is 0 Å². The molecule has 0 N–H and O–H groups in total. The molecule has 4 atom stereocenters. The van der Waals surface area contributed by atoms with Gasteiger partial charge in [-0.2, -0.15) is 47.0 Å². The number of unbranched alkanes of at least 4 members (excludes halogenated alkanes) is 30. The Labute approximate surface area is 694 Å². The first-order valence-corrected chi connectivity index (χ1v) is 49.6. The van der Waals surface area contributed by atoms with Crippen LogP contribution in [0.15, 0.2) is 24.3 Å². The van der Waals surface area contributed by atoms with Crippen molar-refractivity contribution in [2.45, 2.75) is 326 Å². The van der Waals surface area contributed by atoms with E-state index in [1.54, 1.807) is 30.4 Å². The van der Waals surface area contributed by atoms with Gasteiger partial charge in [0, 0.05) is 38.5 Å². The van der Waals surface area contributed by atoms with Crippen molar-refractivity contribution in [2.75, 3.05) is 148 Å². The second kappa shape index (κ2) is 90.9. The second-order valence-corrected chi connectivity index (χ2v) is 36.9. The Hall–Kier alpha value is -1.98. The van der Waals surface area contributed by atoms with Gasteiger partial charge in [0.1, 0.15) is 32.9 Å². The number of methoxy groups -OCH3 is 1. The third-order valence-corrected chi connectivity index (χ3v) is 21.9. The summed E-state index contributed by atoms with van der Waals surface area (Å²) < 4.78 is 64.1. The van der Waals surface area contributed by atoms with Crippen LogP contribution in [0.5, 0.6) is 0 Å². The van der Waals surface area contributed by atoms with E-state index in [0.29, 0.717) is 33.6 Å². The number of rotatable bonds is 68. The number of phosphoric ester groups is 2. The lowest BCUT2D eigenvalue weighted by atomic mass is 10.1. The normalized spacial score (nSPS) is 12.7. The number of esters is 4. The number of thioether (sulfide) groups is 4. The highest BCUT2D eigenvalue weighted by atomic mass is 32.2. The molecule has 110 heavy (non-hydrogen) atoms. The van der Waals surface area contributed by atoms with Gasteiger partial charge in [0.15, 0.2) is 6.10 Å². The number of carbonyl (C=O) groups is 4. The van der Waals surface area contributed by atoms with Crippen molar-refractivity contribution in [3.05, 3.63) is 24.3 Å². The molecule has 18 nitrogen and oxygen atoms in total. The predicted molar refractivity (Wildman–Crippen MR) is 473 cm³/mol. The molecule has 0 heterocycles. The van der Waals surface area contributed by atoms with Crippen molar-refractivity contribution in [1.29, 1.82) is 0 Å². The number of carbonyl (C=O) groups excluding carboxylic acids is 4. The topological polar surface area (TPSA) is 222 Å². The maximum atomic E-state index is 11.9. The fourth-order valence-corrected chi connectivity index (χ4v) is 14.1. The number of phosphoric acid groups is 2. The standard InChI is InChI=1S/C25H48NO6PS.C22H42NO8PS.C16H28O2S.C16H32S.C6H14.CH4/c1-6-7-8-9-10-11-12-13-14-15-16-17-20-34-23-25(27)30-21-24(2)22-32-33(28,29)31-19-18-26(3,4)5;1-6-7-8-9-10-11-12-13-16-33-19-22(25)28-17-21(31-20(2)24)18-30-32(26,27)29-15-14-23(3,4)5;1-3-4-5-6-7-8-9-10-11-12-13-14-19-15-16(17)18-2;1-3-5-6-7-8-9-10-11-12-13-14-15-16-17-4-2;1-3-5-6-4-2;/h24H,6,9-23H2,1-5H3;8-9,21H,6-7,10-19H2,1-5H3;3,6-15H2,1-2H3;10-11H,3-9,12-16H2,1-2H3;3-6H2,1-2H3;1H4/b;9-8-;;11-10-;;. The summed E-state index contributed by atoms with van der Waals surface area (Å²) in [6.07, 6.45) is 57.2. The highest BCUT2D eigenvalue weighted by Crippen LogP contribution is 2.39. The monoisotopic (exact) mass is 1680 g/mol. The molecule has 0 aliphatic carbocycles. The average molecular weight is 1680 g/mol. The number of quaternary nitrogens is 2. The second-order valence-electron chi connectivity index (χ2n) is 29.4. The van der Waals surface area contributed by atoms with E-state index in [-0.39, 0.29) is 64.1 Å². The average Bonchev–Trinajstić information content (AvgIpc) is 0.913. The number of allylic oxidation sites excluding steroid dienone is 4. The van der Waals surface area contributed by atoms with Gasteiger partial charge in [-0.25, -0.2) is 0 Å². The summed E-state index contributed by atoms with van der Waals surface area (Å²) in [5.41, 5.74) is 0. The summed E-state index contributed by atoms with van der Waals surface area (Å²) in [6.45, 7) is 18.6. The predicted octanol–water partition coefficient (Wildman–Crippen LogP) is 22.2. The molecule has 0 saturated heterocycles. The lowest BCUT2D eigenvalue weighted by Crippen LogP contribution is -2.37. The zero-order valence-corrected chi connectivity index (χ0v) is 77.4. The molecule has 0 aromatic carbocycles. The van der Waals surface area contributed by atoms with E-state index in [1.165, 1.54) is 224 Å². The van der Waals surface area contributed by atoms with Crippen molar-refractivity contribution < 1.29 is 84.1 Å². The highest BCUT2D eigenvalue weighted by molar-refractivity contribution is 8.00. The van der Waals surface area contributed by atoms with Gasteiger partial charge >= 0.3 is 23.9 Å². The Morgan fingerprint density at radius 2 is 0.745 bits per heavy atom. The number of nitrogens with zero attached hydrogens (tertiary/aromatic N) is 2. The summed E-state index contributed by atoms with van der Waals surface area (Å²) in [7, 11) is 4.09. The van der Waals surface area contributed by atoms with E-state index in [1.807, 2.05) is 42.3 Å². The summed E-state index contributed by atoms with van der Waals surface area (Å²) >= 11 is 6.82. The molecule has 0 aromatic heterocycles. The van der Waals surface area contributed by atoms with Crippen LogP contribution in [0.25, 0.3) is 0 Å². The van der Waals surface area contributed by atoms with Crippen LogP contribution in [-0.2, 0) is 65.4 Å². The molecular formula is C86H168N2O16P2S4. The van der Waals surface area contributed by atoms with Crippen LogP contribution in [0.4, 0.5) is 0 Å². The maximum Gasteiger partial charge on any atom is 0.316 e. The molecule has 0 rings (SSSR count). The minimum absolute atomic E-state index is 0. The van der Waals surface area contributed by atoms with E-state index >= 15 is 0 Å². The largest absolute Gasteiger partial charge is 0.756 e. The Balaban J connectivity index is -0.000000330. The Morgan fingerprint density at radius 1 is 0.409 bits per heavy atom. The van der Waals surface area contributed by atoms with E-state index < -0.39 is 40.3 Å². The first kappa shape index (κ1) is 119. The fourth-order valence-electron chi connectivity index (χ4n) is 9.39. The first-order chi connectivity index (χ1) is 52.1. The van der Waals surface area contributed by atoms with Gasteiger partial charge in [0.05, 0.1) is 86.5 Å². The minimum atomic E-state index is -4.56. The molecule has 0 amide bonds. The molecule has 0 aliphatic rings. The molecule has 0 bridgehead atoms. The van der Waals surface area contributed by atoms with Crippen molar-refractivity contribution >= 4 is 86.6 Å². The van der Waals surface area contributed by atoms with Crippen LogP contribution in [0, 0.1) is 29.6 Å². The first-order valence-electron chi connectivity index (χ1n) is 42.0. The van der Waals surface area contributed by atoms with Crippen LogP contribution >= 0.6 is 62.7 Å². The lowest BCUT2D eigenvalue weighted by molar-refractivity contribution is -0.870. The van der Waals surface area contributed by atoms with E-state index in [2.05, 4.69) is 113 Å². The number of ether oxygens (including phenoxy) is 4. The molecule has 0 fully saturated rings. The molecular weight excluding hydrogens is 1510 g/mol. The molecule has 0 spiro atoms. The lowest BCUT2D eigenvalue weighted by Gasteiger charge is -2.28. The number of likely N-dealkylation sites (N-methyl/N-ethyl adjacent to an activating group) is 2. The molecule has 652 valence electrons. The van der Waals surface area contributed by atoms with Gasteiger partial charge in [-0.3, -0.25) is 28.3 Å². The SMILES string of the molecule is C.CCC#CCCCCCCCCCCSCC(=O)OCC(C)COP(=O)([O-])OCC[N+](C)(C)C.CCC#CCCCCCCCCCSCC(=O)OC.CCC/C=C\CCCCCSCC(=O)OCC(COP(=O)([O-])OCC[N+](C)(C)C)OC(C)=O.CCCCCC.CCCCCCC/C=C\CCCCCSCC. The quantitative estimate of drug-likeness (QED) is 0.0105. The third kappa shape index (κ3) is 112. The van der Waals surface area contributed by atoms with Gasteiger partial charge in [0.25, 0.3) is 15.6 Å². The van der Waals surface area contributed by atoms with Gasteiger partial charge in [-0.05, 0) is 112 Å². The third-order valence-electron chi connectivity index (χ3n) is 15.9. The maximum absolute atomic E-state index is 11.9. The zero-order valence-electron chi connectivity index (χ0n) is 72.3. The Morgan fingerprint density at radius 3 is 1.12 bits per heavy atom. The summed E-state index contributed by atoms with van der Waals surface area (Å²) in [5, 5.41) is 0. The van der Waals surface area contributed by atoms with Crippen LogP contribution in [0.1, 0.15) is 320 Å². The Bertz CT molecular complexity index is 2320. The molecule has 0 aliphatic heterocycles.